The molecule has 12 aromatic rings. The summed E-state index contributed by atoms with van der Waals surface area (Å²) in [6.07, 6.45) is 0. The molecule has 5 heteroatoms. The third kappa shape index (κ3) is 5.22. The summed E-state index contributed by atoms with van der Waals surface area (Å²) in [6.45, 7) is 0. The standard InChI is InChI=1S/C58H38GeN4/c1-5-20-39(21-6-1)54-53-49-32-13-16-33-50(49)59(41-23-7-2-8-24-41,42-25-9-3-10-26-42)57(53)61-58(60-54)40-22-19-29-44(38-40)63-52-35-18-15-31-46(52)48-37-36-47-45-30-14-17-34-51(45)62(55(47)56(48)63)43-27-11-4-12-28-43/h1-38H. The summed E-state index contributed by atoms with van der Waals surface area (Å²) in [5, 5.41) is 4.88. The van der Waals surface area contributed by atoms with Gasteiger partial charge in [0.25, 0.3) is 0 Å². The molecule has 63 heavy (non-hydrogen) atoms. The summed E-state index contributed by atoms with van der Waals surface area (Å²) >= 11 is -3.73. The van der Waals surface area contributed by atoms with Crippen LogP contribution in [0.4, 0.5) is 0 Å². The summed E-state index contributed by atoms with van der Waals surface area (Å²) in [5.41, 5.74) is 12.3. The van der Waals surface area contributed by atoms with Crippen molar-refractivity contribution in [3.05, 3.63) is 231 Å². The molecule has 0 saturated heterocycles. The molecule has 0 amide bonds. The second-order valence-electron chi connectivity index (χ2n) is 16.5. The fourth-order valence-electron chi connectivity index (χ4n) is 10.6. The Hall–Kier alpha value is -7.80. The van der Waals surface area contributed by atoms with Crippen molar-refractivity contribution in [2.24, 2.45) is 0 Å². The van der Waals surface area contributed by atoms with E-state index in [1.807, 2.05) is 0 Å². The molecule has 0 unspecified atom stereocenters. The van der Waals surface area contributed by atoms with Crippen LogP contribution in [0.2, 0.25) is 0 Å². The summed E-state index contributed by atoms with van der Waals surface area (Å²) in [6, 6.07) is 84.0. The molecule has 0 saturated carbocycles. The van der Waals surface area contributed by atoms with E-state index in [4.69, 9.17) is 9.97 Å². The van der Waals surface area contributed by atoms with Gasteiger partial charge in [0, 0.05) is 0 Å². The third-order valence-corrected chi connectivity index (χ3v) is 23.1. The number of nitrogens with zero attached hydrogens (tertiary/aromatic N) is 4. The fraction of sp³-hybridized carbons (Fsp3) is 0. The van der Waals surface area contributed by atoms with Gasteiger partial charge in [0.1, 0.15) is 0 Å². The summed E-state index contributed by atoms with van der Waals surface area (Å²) < 4.78 is 10.2. The van der Waals surface area contributed by atoms with Gasteiger partial charge in [-0.1, -0.05) is 30.3 Å². The molecule has 0 fully saturated rings. The molecule has 0 N–H and O–H groups in total. The SMILES string of the molecule is c1ccc(-c2nc(-c3cccc(-n4c5ccccc5c5ccc6c7ccccc7n(-c7ccccc7)c6c54)c3)n[c]3c2-c2cccc[c]2[Ge]3([c]2ccccc2)[c]2ccccc2)cc1. The minimum absolute atomic E-state index is 0.730. The number of hydrogen-bond acceptors (Lipinski definition) is 2. The van der Waals surface area contributed by atoms with Gasteiger partial charge in [0.2, 0.25) is 0 Å². The van der Waals surface area contributed by atoms with Crippen molar-refractivity contribution in [2.45, 2.75) is 0 Å². The Morgan fingerprint density at radius 3 is 1.49 bits per heavy atom. The predicted molar refractivity (Wildman–Crippen MR) is 264 cm³/mol. The van der Waals surface area contributed by atoms with Crippen LogP contribution in [0.3, 0.4) is 0 Å². The number of rotatable bonds is 6. The van der Waals surface area contributed by atoms with Crippen LogP contribution in [-0.4, -0.2) is 32.4 Å². The number of hydrogen-bond donors (Lipinski definition) is 0. The van der Waals surface area contributed by atoms with E-state index in [9.17, 15) is 0 Å². The van der Waals surface area contributed by atoms with Crippen LogP contribution in [0.1, 0.15) is 0 Å². The topological polar surface area (TPSA) is 35.6 Å². The first kappa shape index (κ1) is 35.9. The average Bonchev–Trinajstić information content (AvgIpc) is 3.99. The molecule has 294 valence electrons. The molecule has 0 radical (unpaired) electrons. The molecule has 13 rings (SSSR count). The van der Waals surface area contributed by atoms with Crippen molar-refractivity contribution in [1.29, 1.82) is 0 Å². The zero-order valence-corrected chi connectivity index (χ0v) is 36.3. The fourth-order valence-corrected chi connectivity index (χ4v) is 21.1. The molecule has 4 nitrogen and oxygen atoms in total. The Morgan fingerprint density at radius 2 is 0.857 bits per heavy atom. The van der Waals surface area contributed by atoms with Gasteiger partial charge < -0.3 is 0 Å². The molecule has 9 aromatic carbocycles. The molecule has 1 aliphatic heterocycles. The van der Waals surface area contributed by atoms with Crippen molar-refractivity contribution in [2.75, 3.05) is 0 Å². The molecule has 0 bridgehead atoms. The Bertz CT molecular complexity index is 3690. The van der Waals surface area contributed by atoms with Crippen LogP contribution in [0, 0.1) is 0 Å². The summed E-state index contributed by atoms with van der Waals surface area (Å²) in [4.78, 5) is 11.5. The Morgan fingerprint density at radius 1 is 0.365 bits per heavy atom. The zero-order chi connectivity index (χ0) is 41.5. The van der Waals surface area contributed by atoms with Gasteiger partial charge in [-0.15, -0.1) is 0 Å². The average molecular weight is 864 g/mol. The van der Waals surface area contributed by atoms with Gasteiger partial charge >= 0.3 is 339 Å². The molecule has 1 aliphatic rings. The number of aromatic nitrogens is 4. The minimum atomic E-state index is -3.73. The first-order valence-corrected chi connectivity index (χ1v) is 25.8. The van der Waals surface area contributed by atoms with E-state index in [2.05, 4.69) is 240 Å². The Kier molecular flexibility index (Phi) is 8.05. The predicted octanol–water partition coefficient (Wildman–Crippen LogP) is 11.4. The molecule has 4 heterocycles. The van der Waals surface area contributed by atoms with E-state index in [1.165, 1.54) is 61.4 Å². The number of benzene rings is 9. The van der Waals surface area contributed by atoms with Crippen LogP contribution in [0.15, 0.2) is 231 Å². The number of para-hydroxylation sites is 3. The maximum absolute atomic E-state index is 5.87. The second kappa shape index (κ2) is 14.1. The van der Waals surface area contributed by atoms with Crippen molar-refractivity contribution in [1.82, 2.24) is 19.1 Å². The van der Waals surface area contributed by atoms with Crippen LogP contribution in [0.25, 0.3) is 88.8 Å². The third-order valence-electron chi connectivity index (χ3n) is 13.2. The normalized spacial score (nSPS) is 12.9. The van der Waals surface area contributed by atoms with Gasteiger partial charge in [-0.05, 0) is 0 Å². The molecule has 0 aliphatic carbocycles. The van der Waals surface area contributed by atoms with E-state index in [-0.39, 0.29) is 0 Å². The first-order chi connectivity index (χ1) is 31.3. The molecular formula is C58H38GeN4. The molecule has 0 atom stereocenters. The number of fused-ring (bicyclic) bond motifs is 10. The van der Waals surface area contributed by atoms with E-state index in [1.54, 1.807) is 0 Å². The van der Waals surface area contributed by atoms with Crippen molar-refractivity contribution < 1.29 is 0 Å². The van der Waals surface area contributed by atoms with Crippen LogP contribution in [-0.2, 0) is 0 Å². The summed E-state index contributed by atoms with van der Waals surface area (Å²) in [7, 11) is 0. The van der Waals surface area contributed by atoms with Gasteiger partial charge in [-0.25, -0.2) is 0 Å². The van der Waals surface area contributed by atoms with E-state index < -0.39 is 13.3 Å². The van der Waals surface area contributed by atoms with Crippen molar-refractivity contribution in [3.63, 3.8) is 0 Å². The van der Waals surface area contributed by atoms with Gasteiger partial charge in [-0.2, -0.15) is 0 Å². The molecule has 0 spiro atoms. The van der Waals surface area contributed by atoms with E-state index in [0.29, 0.717) is 0 Å². The van der Waals surface area contributed by atoms with Crippen LogP contribution in [0.5, 0.6) is 0 Å². The Balaban J connectivity index is 1.12. The quantitative estimate of drug-likeness (QED) is 0.156. The summed E-state index contributed by atoms with van der Waals surface area (Å²) in [5.74, 6) is 0.730. The zero-order valence-electron chi connectivity index (χ0n) is 34.2. The van der Waals surface area contributed by atoms with E-state index >= 15 is 0 Å². The second-order valence-corrected chi connectivity index (χ2v) is 24.2. The molecule has 3 aromatic heterocycles. The van der Waals surface area contributed by atoms with Crippen molar-refractivity contribution >= 4 is 74.6 Å². The van der Waals surface area contributed by atoms with E-state index in [0.717, 1.165) is 45.1 Å². The maximum atomic E-state index is 5.87. The van der Waals surface area contributed by atoms with Crippen LogP contribution >= 0.6 is 0 Å². The monoisotopic (exact) mass is 864 g/mol. The first-order valence-electron chi connectivity index (χ1n) is 21.6. The van der Waals surface area contributed by atoms with Crippen molar-refractivity contribution in [3.8, 4) is 45.1 Å². The van der Waals surface area contributed by atoms with Gasteiger partial charge in [0.15, 0.2) is 0 Å². The van der Waals surface area contributed by atoms with Crippen LogP contribution < -0.4 is 17.7 Å². The van der Waals surface area contributed by atoms with Gasteiger partial charge in [0.05, 0.1) is 0 Å². The molecular weight excluding hydrogens is 825 g/mol. The van der Waals surface area contributed by atoms with Gasteiger partial charge in [-0.3, -0.25) is 0 Å². The Labute approximate surface area is 367 Å².